The fourth-order valence-corrected chi connectivity index (χ4v) is 4.34. The van der Waals surface area contributed by atoms with E-state index in [1.165, 1.54) is 55.6 Å². The van der Waals surface area contributed by atoms with Gasteiger partial charge in [-0.25, -0.2) is 0 Å². The molecule has 100 valence electrons. The van der Waals surface area contributed by atoms with Gasteiger partial charge in [0.05, 0.1) is 0 Å². The van der Waals surface area contributed by atoms with Crippen LogP contribution in [0.2, 0.25) is 0 Å². The van der Waals surface area contributed by atoms with Crippen molar-refractivity contribution in [3.63, 3.8) is 0 Å². The van der Waals surface area contributed by atoms with Gasteiger partial charge in [0.25, 0.3) is 0 Å². The Kier molecular flexibility index (Phi) is 2.30. The second-order valence-electron chi connectivity index (χ2n) is 5.77. The molecule has 5 rings (SSSR count). The van der Waals surface area contributed by atoms with Crippen LogP contribution < -0.4 is 0 Å². The molecular formula is C20H14S. The van der Waals surface area contributed by atoms with E-state index in [2.05, 4.69) is 60.0 Å². The highest BCUT2D eigenvalue weighted by Crippen LogP contribution is 2.35. The molecule has 21 heavy (non-hydrogen) atoms. The smallest absolute Gasteiger partial charge is 0.0349 e. The standard InChI is InChI=1S/C20H14S/c1-2-4-16-13(3-1)5-7-18-17(16)8-6-14-12-20-15(9-10-21-20)11-19(14)18/h2,4-12H,1,3H2. The van der Waals surface area contributed by atoms with Crippen molar-refractivity contribution in [2.45, 2.75) is 12.8 Å². The van der Waals surface area contributed by atoms with Crippen LogP contribution in [0.25, 0.3) is 37.7 Å². The van der Waals surface area contributed by atoms with Gasteiger partial charge in [-0.1, -0.05) is 36.4 Å². The first-order valence-corrected chi connectivity index (χ1v) is 8.30. The zero-order valence-electron chi connectivity index (χ0n) is 11.6. The molecule has 0 nitrogen and oxygen atoms in total. The van der Waals surface area contributed by atoms with E-state index >= 15 is 0 Å². The monoisotopic (exact) mass is 286 g/mol. The van der Waals surface area contributed by atoms with Gasteiger partial charge in [0, 0.05) is 4.70 Å². The lowest BCUT2D eigenvalue weighted by Crippen LogP contribution is -1.95. The topological polar surface area (TPSA) is 0 Å². The van der Waals surface area contributed by atoms with Gasteiger partial charge < -0.3 is 0 Å². The Morgan fingerprint density at radius 2 is 1.76 bits per heavy atom. The molecule has 1 aliphatic carbocycles. The molecule has 0 saturated carbocycles. The molecule has 0 N–H and O–H groups in total. The largest absolute Gasteiger partial charge is 0.144 e. The van der Waals surface area contributed by atoms with Crippen molar-refractivity contribution in [1.29, 1.82) is 0 Å². The van der Waals surface area contributed by atoms with E-state index in [9.17, 15) is 0 Å². The number of thiophene rings is 1. The second-order valence-corrected chi connectivity index (χ2v) is 6.72. The average molecular weight is 286 g/mol. The van der Waals surface area contributed by atoms with Crippen LogP contribution in [-0.4, -0.2) is 0 Å². The SMILES string of the molecule is C1=Cc2c(ccc3c2ccc2cc4sccc4cc23)CC1. The lowest BCUT2D eigenvalue weighted by atomic mass is 9.90. The summed E-state index contributed by atoms with van der Waals surface area (Å²) >= 11 is 1.82. The number of rotatable bonds is 0. The van der Waals surface area contributed by atoms with Crippen LogP contribution in [0.1, 0.15) is 17.5 Å². The molecule has 0 fully saturated rings. The Labute approximate surface area is 127 Å². The van der Waals surface area contributed by atoms with Gasteiger partial charge in [0.15, 0.2) is 0 Å². The summed E-state index contributed by atoms with van der Waals surface area (Å²) in [6.45, 7) is 0. The highest BCUT2D eigenvalue weighted by molar-refractivity contribution is 7.17. The zero-order chi connectivity index (χ0) is 13.8. The number of hydrogen-bond donors (Lipinski definition) is 0. The predicted octanol–water partition coefficient (Wildman–Crippen LogP) is 6.17. The van der Waals surface area contributed by atoms with E-state index in [0.29, 0.717) is 0 Å². The Morgan fingerprint density at radius 3 is 2.76 bits per heavy atom. The van der Waals surface area contributed by atoms with Crippen molar-refractivity contribution in [1.82, 2.24) is 0 Å². The molecule has 1 aromatic heterocycles. The molecule has 1 heteroatoms. The van der Waals surface area contributed by atoms with Gasteiger partial charge >= 0.3 is 0 Å². The molecule has 0 radical (unpaired) electrons. The van der Waals surface area contributed by atoms with Crippen molar-refractivity contribution >= 4 is 49.0 Å². The van der Waals surface area contributed by atoms with Crippen molar-refractivity contribution in [2.75, 3.05) is 0 Å². The summed E-state index contributed by atoms with van der Waals surface area (Å²) in [5, 5.41) is 9.03. The summed E-state index contributed by atoms with van der Waals surface area (Å²) in [4.78, 5) is 0. The Morgan fingerprint density at radius 1 is 0.810 bits per heavy atom. The van der Waals surface area contributed by atoms with Crippen molar-refractivity contribution < 1.29 is 0 Å². The van der Waals surface area contributed by atoms with E-state index in [1.807, 2.05) is 11.3 Å². The molecule has 1 heterocycles. The fraction of sp³-hybridized carbons (Fsp3) is 0.100. The molecule has 0 bridgehead atoms. The van der Waals surface area contributed by atoms with Crippen molar-refractivity contribution in [2.24, 2.45) is 0 Å². The third-order valence-electron chi connectivity index (χ3n) is 4.59. The maximum atomic E-state index is 2.35. The first kappa shape index (κ1) is 11.5. The number of fused-ring (bicyclic) bond motifs is 6. The normalized spacial score (nSPS) is 14.1. The summed E-state index contributed by atoms with van der Waals surface area (Å²) in [6.07, 6.45) is 6.94. The van der Waals surface area contributed by atoms with Crippen LogP contribution in [0, 0.1) is 0 Å². The molecule has 3 aromatic carbocycles. The van der Waals surface area contributed by atoms with E-state index in [1.54, 1.807) is 0 Å². The summed E-state index contributed by atoms with van der Waals surface area (Å²) in [6, 6.07) is 16.1. The van der Waals surface area contributed by atoms with Gasteiger partial charge in [-0.3, -0.25) is 0 Å². The Hall–Kier alpha value is -2.12. The van der Waals surface area contributed by atoms with Crippen LogP contribution in [-0.2, 0) is 6.42 Å². The van der Waals surface area contributed by atoms with E-state index in [-0.39, 0.29) is 0 Å². The molecule has 0 aliphatic heterocycles. The third kappa shape index (κ3) is 1.61. The first-order valence-electron chi connectivity index (χ1n) is 7.42. The zero-order valence-corrected chi connectivity index (χ0v) is 12.4. The number of allylic oxidation sites excluding steroid dienone is 1. The summed E-state index contributed by atoms with van der Waals surface area (Å²) in [5.74, 6) is 0. The van der Waals surface area contributed by atoms with Crippen LogP contribution in [0.4, 0.5) is 0 Å². The molecule has 0 atom stereocenters. The van der Waals surface area contributed by atoms with Crippen molar-refractivity contribution in [3.8, 4) is 0 Å². The van der Waals surface area contributed by atoms with E-state index < -0.39 is 0 Å². The number of benzene rings is 3. The molecule has 0 amide bonds. The second kappa shape index (κ2) is 4.19. The van der Waals surface area contributed by atoms with Gasteiger partial charge in [-0.2, -0.15) is 0 Å². The lowest BCUT2D eigenvalue weighted by molar-refractivity contribution is 0.990. The highest BCUT2D eigenvalue weighted by atomic mass is 32.1. The predicted molar refractivity (Wildman–Crippen MR) is 94.2 cm³/mol. The maximum absolute atomic E-state index is 2.35. The van der Waals surface area contributed by atoms with Crippen LogP contribution in [0.5, 0.6) is 0 Å². The molecular weight excluding hydrogens is 272 g/mol. The highest BCUT2D eigenvalue weighted by Gasteiger charge is 2.10. The van der Waals surface area contributed by atoms with Gasteiger partial charge in [-0.05, 0) is 74.5 Å². The van der Waals surface area contributed by atoms with E-state index in [0.717, 1.165) is 0 Å². The summed E-state index contributed by atoms with van der Waals surface area (Å²) < 4.78 is 1.37. The number of aryl methyl sites for hydroxylation is 1. The first-order chi connectivity index (χ1) is 10.4. The van der Waals surface area contributed by atoms with Gasteiger partial charge in [0.1, 0.15) is 0 Å². The molecule has 1 aliphatic rings. The maximum Gasteiger partial charge on any atom is 0.0349 e. The van der Waals surface area contributed by atoms with Crippen LogP contribution >= 0.6 is 11.3 Å². The average Bonchev–Trinajstić information content (AvgIpc) is 2.99. The molecule has 4 aromatic rings. The van der Waals surface area contributed by atoms with Gasteiger partial charge in [-0.15, -0.1) is 11.3 Å². The van der Waals surface area contributed by atoms with Crippen LogP contribution in [0.15, 0.2) is 53.9 Å². The third-order valence-corrected chi connectivity index (χ3v) is 5.47. The fourth-order valence-electron chi connectivity index (χ4n) is 3.52. The Bertz CT molecular complexity index is 1030. The van der Waals surface area contributed by atoms with E-state index in [4.69, 9.17) is 0 Å². The number of hydrogen-bond acceptors (Lipinski definition) is 1. The minimum atomic E-state index is 1.17. The molecule has 0 spiro atoms. The summed E-state index contributed by atoms with van der Waals surface area (Å²) in [7, 11) is 0. The Balaban J connectivity index is 1.97. The van der Waals surface area contributed by atoms with Gasteiger partial charge in [0.2, 0.25) is 0 Å². The molecule has 0 unspecified atom stereocenters. The van der Waals surface area contributed by atoms with Crippen molar-refractivity contribution in [3.05, 3.63) is 65.0 Å². The molecule has 0 saturated heterocycles. The van der Waals surface area contributed by atoms with Crippen LogP contribution in [0.3, 0.4) is 0 Å². The summed E-state index contributed by atoms with van der Waals surface area (Å²) in [5.41, 5.74) is 2.91. The quantitative estimate of drug-likeness (QED) is 0.339. The lowest BCUT2D eigenvalue weighted by Gasteiger charge is -2.14. The minimum absolute atomic E-state index is 1.17. The minimum Gasteiger partial charge on any atom is -0.144 e.